The number of anilines is 1. The van der Waals surface area contributed by atoms with Crippen LogP contribution in [0.3, 0.4) is 0 Å². The van der Waals surface area contributed by atoms with Crippen LogP contribution in [0, 0.1) is 12.7 Å². The lowest BCUT2D eigenvalue weighted by Crippen LogP contribution is -2.28. The minimum Gasteiger partial charge on any atom is -0.358 e. The summed E-state index contributed by atoms with van der Waals surface area (Å²) in [5.41, 5.74) is 0.677. The Bertz CT molecular complexity index is 1530. The molecule has 38 heavy (non-hydrogen) atoms. The first kappa shape index (κ1) is 25.8. The van der Waals surface area contributed by atoms with Gasteiger partial charge in [-0.05, 0) is 37.0 Å². The molecule has 198 valence electrons. The summed E-state index contributed by atoms with van der Waals surface area (Å²) >= 11 is 6.36. The normalized spacial score (nSPS) is 14.5. The molecule has 1 N–H and O–H groups in total. The molecule has 0 atom stereocenters. The molecule has 0 saturated heterocycles. The highest BCUT2D eigenvalue weighted by molar-refractivity contribution is 6.32. The van der Waals surface area contributed by atoms with E-state index in [1.165, 1.54) is 18.3 Å². The molecular weight excluding hydrogens is 528 g/mol. The van der Waals surface area contributed by atoms with E-state index in [-0.39, 0.29) is 41.6 Å². The van der Waals surface area contributed by atoms with E-state index < -0.39 is 23.3 Å². The standard InChI is InChI=1S/C25H21ClF4N6O2/c1-13-16(12-36(2)34-13)8-20-31-11-17(23(26)33-20)14-3-4-15(18(27)7-14)9-22(37)32-21-10-19(38-35-21)24(5-6-24)25(28,29)30/h3-4,7,10-12H,5-6,8-9H2,1-2H3,(H,32,35,37). The summed E-state index contributed by atoms with van der Waals surface area (Å²) in [5, 5.41) is 10.3. The molecule has 1 fully saturated rings. The van der Waals surface area contributed by atoms with E-state index in [1.54, 1.807) is 10.7 Å². The molecule has 3 aromatic heterocycles. The lowest BCUT2D eigenvalue weighted by molar-refractivity contribution is -0.165. The topological polar surface area (TPSA) is 98.7 Å². The Morgan fingerprint density at radius 1 is 1.24 bits per heavy atom. The van der Waals surface area contributed by atoms with Crippen molar-refractivity contribution in [3.05, 3.63) is 76.0 Å². The predicted octanol–water partition coefficient (Wildman–Crippen LogP) is 5.33. The number of aromatic nitrogens is 5. The van der Waals surface area contributed by atoms with Gasteiger partial charge in [0.2, 0.25) is 5.91 Å². The molecule has 3 heterocycles. The molecule has 4 aromatic rings. The van der Waals surface area contributed by atoms with Gasteiger partial charge in [0, 0.05) is 43.1 Å². The highest BCUT2D eigenvalue weighted by atomic mass is 35.5. The van der Waals surface area contributed by atoms with E-state index in [2.05, 4.69) is 25.5 Å². The first-order valence-electron chi connectivity index (χ1n) is 11.6. The summed E-state index contributed by atoms with van der Waals surface area (Å²) in [6, 6.07) is 5.27. The van der Waals surface area contributed by atoms with Crippen LogP contribution in [0.1, 0.15) is 41.2 Å². The van der Waals surface area contributed by atoms with Crippen LogP contribution in [0.15, 0.2) is 41.2 Å². The van der Waals surface area contributed by atoms with Crippen molar-refractivity contribution < 1.29 is 26.9 Å². The Morgan fingerprint density at radius 2 is 2.00 bits per heavy atom. The maximum Gasteiger partial charge on any atom is 0.401 e. The number of carbonyl (C=O) groups is 1. The average Bonchev–Trinajstić information content (AvgIpc) is 3.44. The van der Waals surface area contributed by atoms with Crippen molar-refractivity contribution in [2.45, 2.75) is 44.2 Å². The maximum absolute atomic E-state index is 14.8. The van der Waals surface area contributed by atoms with Gasteiger partial charge in [-0.25, -0.2) is 14.4 Å². The van der Waals surface area contributed by atoms with Crippen LogP contribution in [0.2, 0.25) is 5.15 Å². The molecule has 0 bridgehead atoms. The zero-order valence-corrected chi connectivity index (χ0v) is 21.0. The van der Waals surface area contributed by atoms with Gasteiger partial charge in [0.1, 0.15) is 22.2 Å². The quantitative estimate of drug-likeness (QED) is 0.247. The third-order valence-electron chi connectivity index (χ3n) is 6.51. The molecule has 8 nitrogen and oxygen atoms in total. The number of carbonyl (C=O) groups excluding carboxylic acids is 1. The van der Waals surface area contributed by atoms with Crippen LogP contribution in [-0.2, 0) is 30.1 Å². The van der Waals surface area contributed by atoms with Gasteiger partial charge < -0.3 is 9.84 Å². The van der Waals surface area contributed by atoms with Gasteiger partial charge in [0.25, 0.3) is 0 Å². The van der Waals surface area contributed by atoms with Crippen molar-refractivity contribution in [1.29, 1.82) is 0 Å². The summed E-state index contributed by atoms with van der Waals surface area (Å²) in [6.45, 7) is 1.88. The number of halogens is 5. The van der Waals surface area contributed by atoms with Crippen molar-refractivity contribution in [3.8, 4) is 11.1 Å². The molecule has 1 aromatic carbocycles. The maximum atomic E-state index is 14.8. The molecule has 0 spiro atoms. The van der Waals surface area contributed by atoms with Crippen molar-refractivity contribution in [2.24, 2.45) is 7.05 Å². The number of hydrogen-bond donors (Lipinski definition) is 1. The van der Waals surface area contributed by atoms with Crippen molar-refractivity contribution in [2.75, 3.05) is 5.32 Å². The van der Waals surface area contributed by atoms with Crippen LogP contribution in [0.25, 0.3) is 11.1 Å². The first-order valence-corrected chi connectivity index (χ1v) is 12.0. The number of hydrogen-bond acceptors (Lipinski definition) is 6. The zero-order valence-electron chi connectivity index (χ0n) is 20.2. The van der Waals surface area contributed by atoms with Gasteiger partial charge >= 0.3 is 6.18 Å². The molecule has 1 aliphatic carbocycles. The Morgan fingerprint density at radius 3 is 2.61 bits per heavy atom. The minimum atomic E-state index is -4.47. The molecular formula is C25H21ClF4N6O2. The Balaban J connectivity index is 1.25. The number of benzene rings is 1. The summed E-state index contributed by atoms with van der Waals surface area (Å²) in [7, 11) is 1.82. The first-order chi connectivity index (χ1) is 17.9. The number of rotatable bonds is 7. The molecule has 5 rings (SSSR count). The zero-order chi connectivity index (χ0) is 27.2. The predicted molar refractivity (Wildman–Crippen MR) is 129 cm³/mol. The Labute approximate surface area is 219 Å². The highest BCUT2D eigenvalue weighted by Crippen LogP contribution is 2.59. The van der Waals surface area contributed by atoms with Crippen molar-refractivity contribution >= 4 is 23.3 Å². The second kappa shape index (κ2) is 9.50. The molecule has 0 aliphatic heterocycles. The average molecular weight is 549 g/mol. The van der Waals surface area contributed by atoms with Crippen LogP contribution in [-0.4, -0.2) is 37.0 Å². The van der Waals surface area contributed by atoms with Gasteiger partial charge in [-0.3, -0.25) is 9.48 Å². The smallest absolute Gasteiger partial charge is 0.358 e. The van der Waals surface area contributed by atoms with Gasteiger partial charge in [-0.15, -0.1) is 0 Å². The Kier molecular flexibility index (Phi) is 6.46. The molecule has 1 amide bonds. The van der Waals surface area contributed by atoms with Crippen LogP contribution >= 0.6 is 11.6 Å². The number of alkyl halides is 3. The molecule has 0 radical (unpaired) electrons. The fraction of sp³-hybridized carbons (Fsp3) is 0.320. The van der Waals surface area contributed by atoms with Crippen molar-refractivity contribution in [3.63, 3.8) is 0 Å². The summed E-state index contributed by atoms with van der Waals surface area (Å²) in [5.74, 6) is -1.36. The molecule has 0 unspecified atom stereocenters. The van der Waals surface area contributed by atoms with E-state index in [4.69, 9.17) is 16.1 Å². The fourth-order valence-electron chi connectivity index (χ4n) is 4.24. The third kappa shape index (κ3) is 5.00. The van der Waals surface area contributed by atoms with Crippen molar-refractivity contribution in [1.82, 2.24) is 24.9 Å². The van der Waals surface area contributed by atoms with E-state index in [0.717, 1.165) is 17.3 Å². The van der Waals surface area contributed by atoms with Gasteiger partial charge in [0.15, 0.2) is 11.6 Å². The SMILES string of the molecule is Cc1nn(C)cc1Cc1ncc(-c2ccc(CC(=O)Nc3cc(C4(C(F)(F)F)CC4)on3)c(F)c2)c(Cl)n1. The lowest BCUT2D eigenvalue weighted by atomic mass is 10.0. The Hall–Kier alpha value is -3.80. The van der Waals surface area contributed by atoms with E-state index in [9.17, 15) is 22.4 Å². The number of amides is 1. The van der Waals surface area contributed by atoms with Crippen LogP contribution < -0.4 is 5.32 Å². The van der Waals surface area contributed by atoms with Crippen LogP contribution in [0.5, 0.6) is 0 Å². The van der Waals surface area contributed by atoms with E-state index in [0.29, 0.717) is 23.4 Å². The third-order valence-corrected chi connectivity index (χ3v) is 6.80. The van der Waals surface area contributed by atoms with Gasteiger partial charge in [-0.1, -0.05) is 28.9 Å². The lowest BCUT2D eigenvalue weighted by Gasteiger charge is -2.14. The fourth-order valence-corrected chi connectivity index (χ4v) is 4.49. The van der Waals surface area contributed by atoms with Gasteiger partial charge in [0.05, 0.1) is 12.1 Å². The molecule has 1 aliphatic rings. The highest BCUT2D eigenvalue weighted by Gasteiger charge is 2.66. The minimum absolute atomic E-state index is 0.0737. The number of nitrogens with one attached hydrogen (secondary N) is 1. The molecule has 1 saturated carbocycles. The van der Waals surface area contributed by atoms with Crippen LogP contribution in [0.4, 0.5) is 23.4 Å². The second-order valence-corrected chi connectivity index (χ2v) is 9.63. The van der Waals surface area contributed by atoms with E-state index >= 15 is 0 Å². The summed E-state index contributed by atoms with van der Waals surface area (Å²) in [6.07, 6.45) is -1.22. The second-order valence-electron chi connectivity index (χ2n) is 9.27. The number of nitrogens with zero attached hydrogens (tertiary/aromatic N) is 5. The molecule has 13 heteroatoms. The van der Waals surface area contributed by atoms with E-state index in [1.807, 2.05) is 20.2 Å². The summed E-state index contributed by atoms with van der Waals surface area (Å²) in [4.78, 5) is 21.1. The monoisotopic (exact) mass is 548 g/mol. The number of aryl methyl sites for hydroxylation is 2. The largest absolute Gasteiger partial charge is 0.401 e. The van der Waals surface area contributed by atoms with Gasteiger partial charge in [-0.2, -0.15) is 18.3 Å². The summed E-state index contributed by atoms with van der Waals surface area (Å²) < 4.78 is 61.1.